The Morgan fingerprint density at radius 1 is 1.40 bits per heavy atom. The minimum atomic E-state index is 0.0926. The zero-order valence-corrected chi connectivity index (χ0v) is 6.08. The minimum Gasteiger partial charge on any atom is -0.396 e. The Morgan fingerprint density at radius 3 is 2.50 bits per heavy atom. The molecule has 1 saturated heterocycles. The molecule has 1 atom stereocenters. The first-order chi connectivity index (χ1) is 4.88. The van der Waals surface area contributed by atoms with Crippen LogP contribution in [-0.4, -0.2) is 36.5 Å². The Bertz CT molecular complexity index is 87.6. The molecule has 3 nitrogen and oxygen atoms in total. The van der Waals surface area contributed by atoms with E-state index in [-0.39, 0.29) is 19.1 Å². The van der Waals surface area contributed by atoms with Gasteiger partial charge >= 0.3 is 0 Å². The fraction of sp³-hybridized carbons (Fsp3) is 1.00. The molecule has 3 heteroatoms. The summed E-state index contributed by atoms with van der Waals surface area (Å²) < 4.78 is 0. The lowest BCUT2D eigenvalue weighted by molar-refractivity contribution is 0.112. The van der Waals surface area contributed by atoms with Crippen LogP contribution in [0, 0.1) is 11.8 Å². The first-order valence-electron chi connectivity index (χ1n) is 3.81. The molecule has 60 valence electrons. The van der Waals surface area contributed by atoms with Crippen molar-refractivity contribution in [3.63, 3.8) is 0 Å². The molecule has 0 radical (unpaired) electrons. The summed E-state index contributed by atoms with van der Waals surface area (Å²) in [4.78, 5) is 0. The molecule has 0 unspecified atom stereocenters. The molecular weight excluding hydrogens is 130 g/mol. The molecule has 10 heavy (non-hydrogen) atoms. The molecule has 0 saturated carbocycles. The second-order valence-corrected chi connectivity index (χ2v) is 2.88. The van der Waals surface area contributed by atoms with Crippen LogP contribution >= 0.6 is 0 Å². The Balaban J connectivity index is 2.29. The standard InChI is InChI=1S/C7H15NO2/c9-4-7(5-10)6-1-2-8-3-6/h6-10H,1-5H2/t6-/m0/s1. The second kappa shape index (κ2) is 3.91. The third-order valence-electron chi connectivity index (χ3n) is 2.23. The van der Waals surface area contributed by atoms with E-state index < -0.39 is 0 Å². The maximum atomic E-state index is 8.80. The van der Waals surface area contributed by atoms with Gasteiger partial charge in [-0.25, -0.2) is 0 Å². The van der Waals surface area contributed by atoms with Crippen molar-refractivity contribution in [3.8, 4) is 0 Å². The summed E-state index contributed by atoms with van der Waals surface area (Å²) in [5, 5.41) is 20.8. The van der Waals surface area contributed by atoms with Crippen LogP contribution in [-0.2, 0) is 0 Å². The van der Waals surface area contributed by atoms with Crippen LogP contribution in [0.2, 0.25) is 0 Å². The molecule has 3 N–H and O–H groups in total. The zero-order valence-electron chi connectivity index (χ0n) is 6.08. The van der Waals surface area contributed by atoms with Crippen molar-refractivity contribution in [3.05, 3.63) is 0 Å². The number of nitrogens with one attached hydrogen (secondary N) is 1. The van der Waals surface area contributed by atoms with E-state index in [4.69, 9.17) is 10.2 Å². The highest BCUT2D eigenvalue weighted by molar-refractivity contribution is 4.77. The van der Waals surface area contributed by atoms with Crippen molar-refractivity contribution in [1.29, 1.82) is 0 Å². The van der Waals surface area contributed by atoms with E-state index in [9.17, 15) is 0 Å². The number of aliphatic hydroxyl groups excluding tert-OH is 2. The van der Waals surface area contributed by atoms with E-state index in [0.717, 1.165) is 19.5 Å². The summed E-state index contributed by atoms with van der Waals surface area (Å²) in [5.41, 5.74) is 0. The van der Waals surface area contributed by atoms with Crippen molar-refractivity contribution in [2.75, 3.05) is 26.3 Å². The van der Waals surface area contributed by atoms with Crippen molar-refractivity contribution in [2.24, 2.45) is 11.8 Å². The number of hydrogen-bond donors (Lipinski definition) is 3. The predicted octanol–water partition coefficient (Wildman–Crippen LogP) is -0.803. The predicted molar refractivity (Wildman–Crippen MR) is 38.6 cm³/mol. The first kappa shape index (κ1) is 7.98. The fourth-order valence-electron chi connectivity index (χ4n) is 1.44. The third-order valence-corrected chi connectivity index (χ3v) is 2.23. The SMILES string of the molecule is OCC(CO)[C@H]1CCNC1. The first-order valence-corrected chi connectivity index (χ1v) is 3.81. The van der Waals surface area contributed by atoms with E-state index in [1.54, 1.807) is 0 Å². The lowest BCUT2D eigenvalue weighted by Crippen LogP contribution is -2.24. The monoisotopic (exact) mass is 145 g/mol. The maximum Gasteiger partial charge on any atom is 0.0484 e. The molecule has 0 aromatic rings. The van der Waals surface area contributed by atoms with Gasteiger partial charge in [0.05, 0.1) is 0 Å². The molecule has 1 heterocycles. The molecule has 1 aliphatic heterocycles. The molecule has 0 aliphatic carbocycles. The molecule has 0 bridgehead atoms. The van der Waals surface area contributed by atoms with Crippen LogP contribution in [0.3, 0.4) is 0 Å². The molecule has 0 aromatic heterocycles. The molecule has 1 aliphatic rings. The highest BCUT2D eigenvalue weighted by Gasteiger charge is 2.22. The van der Waals surface area contributed by atoms with Gasteiger partial charge in [0.1, 0.15) is 0 Å². The Kier molecular flexibility index (Phi) is 3.12. The van der Waals surface area contributed by atoms with Gasteiger partial charge in [-0.1, -0.05) is 0 Å². The maximum absolute atomic E-state index is 8.80. The zero-order chi connectivity index (χ0) is 7.40. The molecule has 0 amide bonds. The average Bonchev–Trinajstić information content (AvgIpc) is 2.43. The highest BCUT2D eigenvalue weighted by Crippen LogP contribution is 2.17. The van der Waals surface area contributed by atoms with E-state index in [1.807, 2.05) is 0 Å². The van der Waals surface area contributed by atoms with E-state index >= 15 is 0 Å². The van der Waals surface area contributed by atoms with Crippen molar-refractivity contribution >= 4 is 0 Å². The summed E-state index contributed by atoms with van der Waals surface area (Å²) in [6.45, 7) is 2.21. The minimum absolute atomic E-state index is 0.0926. The fourth-order valence-corrected chi connectivity index (χ4v) is 1.44. The van der Waals surface area contributed by atoms with Crippen LogP contribution in [0.25, 0.3) is 0 Å². The normalized spacial score (nSPS) is 26.1. The molecular formula is C7H15NO2. The largest absolute Gasteiger partial charge is 0.396 e. The van der Waals surface area contributed by atoms with Crippen molar-refractivity contribution < 1.29 is 10.2 Å². The Morgan fingerprint density at radius 2 is 2.10 bits per heavy atom. The van der Waals surface area contributed by atoms with Gasteiger partial charge in [-0.05, 0) is 25.4 Å². The van der Waals surface area contributed by atoms with Gasteiger partial charge in [0.15, 0.2) is 0 Å². The molecule has 1 fully saturated rings. The summed E-state index contributed by atoms with van der Waals surface area (Å²) >= 11 is 0. The van der Waals surface area contributed by atoms with E-state index in [2.05, 4.69) is 5.32 Å². The van der Waals surface area contributed by atoms with Gasteiger partial charge in [-0.15, -0.1) is 0 Å². The van der Waals surface area contributed by atoms with E-state index in [1.165, 1.54) is 0 Å². The molecule has 0 spiro atoms. The van der Waals surface area contributed by atoms with Crippen molar-refractivity contribution in [2.45, 2.75) is 6.42 Å². The number of rotatable bonds is 3. The summed E-state index contributed by atoms with van der Waals surface area (Å²) in [5.74, 6) is 0.574. The smallest absolute Gasteiger partial charge is 0.0484 e. The Hall–Kier alpha value is -0.120. The van der Waals surface area contributed by atoms with Gasteiger partial charge < -0.3 is 15.5 Å². The summed E-state index contributed by atoms with van der Waals surface area (Å²) in [6, 6.07) is 0. The average molecular weight is 145 g/mol. The van der Waals surface area contributed by atoms with Gasteiger partial charge in [0.25, 0.3) is 0 Å². The topological polar surface area (TPSA) is 52.5 Å². The molecule has 1 rings (SSSR count). The number of aliphatic hydroxyl groups is 2. The van der Waals surface area contributed by atoms with Crippen LogP contribution < -0.4 is 5.32 Å². The van der Waals surface area contributed by atoms with Crippen LogP contribution in [0.1, 0.15) is 6.42 Å². The van der Waals surface area contributed by atoms with Gasteiger partial charge in [0.2, 0.25) is 0 Å². The quantitative estimate of drug-likeness (QED) is 0.487. The summed E-state index contributed by atoms with van der Waals surface area (Å²) in [7, 11) is 0. The highest BCUT2D eigenvalue weighted by atomic mass is 16.3. The van der Waals surface area contributed by atoms with Crippen LogP contribution in [0.4, 0.5) is 0 Å². The Labute approximate surface area is 61.1 Å². The van der Waals surface area contributed by atoms with Gasteiger partial charge in [0, 0.05) is 19.1 Å². The summed E-state index contributed by atoms with van der Waals surface area (Å²) in [6.07, 6.45) is 1.09. The third kappa shape index (κ3) is 1.68. The molecule has 0 aromatic carbocycles. The number of hydrogen-bond acceptors (Lipinski definition) is 3. The van der Waals surface area contributed by atoms with Crippen molar-refractivity contribution in [1.82, 2.24) is 5.32 Å². The van der Waals surface area contributed by atoms with Crippen LogP contribution in [0.15, 0.2) is 0 Å². The van der Waals surface area contributed by atoms with Gasteiger partial charge in [-0.3, -0.25) is 0 Å². The van der Waals surface area contributed by atoms with Crippen LogP contribution in [0.5, 0.6) is 0 Å². The van der Waals surface area contributed by atoms with E-state index in [0.29, 0.717) is 5.92 Å². The lowest BCUT2D eigenvalue weighted by atomic mass is 9.93. The second-order valence-electron chi connectivity index (χ2n) is 2.88. The van der Waals surface area contributed by atoms with Gasteiger partial charge in [-0.2, -0.15) is 0 Å². The lowest BCUT2D eigenvalue weighted by Gasteiger charge is -2.16.